The van der Waals surface area contributed by atoms with Crippen LogP contribution in [0, 0.1) is 11.6 Å². The summed E-state index contributed by atoms with van der Waals surface area (Å²) in [5.74, 6) is -2.73. The van der Waals surface area contributed by atoms with Crippen LogP contribution in [-0.4, -0.2) is 47.4 Å². The SMILES string of the molecule is COCO[C@H](CO)CSc1c(-c2cc(Cl)c(F)cc2F)c(C(F)(F)F)cc2c(=O)[nH]c(=O)[nH]c12. The van der Waals surface area contributed by atoms with Crippen LogP contribution in [0.2, 0.25) is 5.02 Å². The molecular formula is C20H16ClF5N2O5S. The fraction of sp³-hybridized carbons (Fsp3) is 0.300. The van der Waals surface area contributed by atoms with Crippen LogP contribution in [0.3, 0.4) is 0 Å². The zero-order valence-electron chi connectivity index (χ0n) is 17.2. The molecule has 1 atom stereocenters. The van der Waals surface area contributed by atoms with E-state index in [2.05, 4.69) is 4.98 Å². The Balaban J connectivity index is 2.39. The zero-order valence-corrected chi connectivity index (χ0v) is 18.8. The van der Waals surface area contributed by atoms with Crippen molar-refractivity contribution in [1.82, 2.24) is 9.97 Å². The van der Waals surface area contributed by atoms with Gasteiger partial charge in [-0.2, -0.15) is 13.2 Å². The normalized spacial score (nSPS) is 12.9. The van der Waals surface area contributed by atoms with Gasteiger partial charge in [-0.05, 0) is 12.1 Å². The predicted octanol–water partition coefficient (Wildman–Crippen LogP) is 3.91. The van der Waals surface area contributed by atoms with E-state index in [4.69, 9.17) is 21.1 Å². The Kier molecular flexibility index (Phi) is 8.03. The van der Waals surface area contributed by atoms with Gasteiger partial charge >= 0.3 is 11.9 Å². The minimum Gasteiger partial charge on any atom is -0.394 e. The van der Waals surface area contributed by atoms with E-state index in [-0.39, 0.29) is 23.0 Å². The molecule has 3 aromatic rings. The molecule has 34 heavy (non-hydrogen) atoms. The maximum Gasteiger partial charge on any atom is 0.417 e. The minimum absolute atomic E-state index is 0.186. The number of nitrogens with one attached hydrogen (secondary N) is 2. The van der Waals surface area contributed by atoms with Gasteiger partial charge < -0.3 is 19.6 Å². The van der Waals surface area contributed by atoms with Crippen LogP contribution in [0.5, 0.6) is 0 Å². The van der Waals surface area contributed by atoms with Crippen molar-refractivity contribution in [3.63, 3.8) is 0 Å². The molecule has 3 N–H and O–H groups in total. The molecule has 0 saturated carbocycles. The minimum atomic E-state index is -5.09. The first-order valence-electron chi connectivity index (χ1n) is 9.37. The first kappa shape index (κ1) is 26.2. The quantitative estimate of drug-likeness (QED) is 0.178. The second kappa shape index (κ2) is 10.4. The van der Waals surface area contributed by atoms with Crippen molar-refractivity contribution in [2.45, 2.75) is 17.2 Å². The topological polar surface area (TPSA) is 104 Å². The summed E-state index contributed by atoms with van der Waals surface area (Å²) in [4.78, 5) is 28.0. The number of ether oxygens (including phenoxy) is 2. The van der Waals surface area contributed by atoms with Crippen LogP contribution in [0.15, 0.2) is 32.7 Å². The molecule has 0 aliphatic heterocycles. The van der Waals surface area contributed by atoms with E-state index in [1.54, 1.807) is 0 Å². The Bertz CT molecular complexity index is 1330. The number of aliphatic hydroxyl groups excluding tert-OH is 1. The molecule has 3 rings (SSSR count). The van der Waals surface area contributed by atoms with Crippen molar-refractivity contribution >= 4 is 34.3 Å². The van der Waals surface area contributed by atoms with Gasteiger partial charge in [0.25, 0.3) is 5.56 Å². The molecule has 0 aliphatic rings. The first-order chi connectivity index (χ1) is 16.0. The lowest BCUT2D eigenvalue weighted by Gasteiger charge is -2.21. The van der Waals surface area contributed by atoms with Crippen molar-refractivity contribution in [1.29, 1.82) is 0 Å². The number of benzene rings is 2. The summed E-state index contributed by atoms with van der Waals surface area (Å²) >= 11 is 6.37. The number of hydrogen-bond donors (Lipinski definition) is 3. The van der Waals surface area contributed by atoms with E-state index in [1.807, 2.05) is 4.98 Å². The van der Waals surface area contributed by atoms with Gasteiger partial charge in [-0.15, -0.1) is 11.8 Å². The molecule has 0 radical (unpaired) electrons. The lowest BCUT2D eigenvalue weighted by molar-refractivity contribution is -0.137. The van der Waals surface area contributed by atoms with Gasteiger partial charge in [-0.25, -0.2) is 13.6 Å². The van der Waals surface area contributed by atoms with Gasteiger partial charge in [0.15, 0.2) is 0 Å². The third kappa shape index (κ3) is 5.44. The van der Waals surface area contributed by atoms with Crippen LogP contribution in [0.4, 0.5) is 22.0 Å². The molecule has 0 spiro atoms. The third-order valence-corrected chi connectivity index (χ3v) is 6.14. The Labute approximate surface area is 196 Å². The lowest BCUT2D eigenvalue weighted by Crippen LogP contribution is -2.24. The Morgan fingerprint density at radius 3 is 2.47 bits per heavy atom. The van der Waals surface area contributed by atoms with E-state index >= 15 is 0 Å². The zero-order chi connectivity index (χ0) is 25.2. The average molecular weight is 527 g/mol. The van der Waals surface area contributed by atoms with Crippen molar-refractivity contribution in [2.24, 2.45) is 0 Å². The molecule has 0 amide bonds. The van der Waals surface area contributed by atoms with Crippen molar-refractivity contribution in [3.8, 4) is 11.1 Å². The Morgan fingerprint density at radius 2 is 1.85 bits per heavy atom. The van der Waals surface area contributed by atoms with Crippen LogP contribution in [0.1, 0.15) is 5.56 Å². The van der Waals surface area contributed by atoms with E-state index in [0.29, 0.717) is 30.0 Å². The van der Waals surface area contributed by atoms with Gasteiger partial charge in [-0.3, -0.25) is 9.78 Å². The highest BCUT2D eigenvalue weighted by Gasteiger charge is 2.37. The maximum atomic E-state index is 14.8. The van der Waals surface area contributed by atoms with Crippen molar-refractivity contribution in [2.75, 3.05) is 26.3 Å². The number of fused-ring (bicyclic) bond motifs is 1. The number of alkyl halides is 3. The maximum absolute atomic E-state index is 14.8. The molecule has 1 aromatic heterocycles. The standard InChI is InChI=1S/C20H16ClF5N2O5S/c1-32-7-33-8(5-29)6-34-17-15(9-3-12(21)14(23)4-13(9)22)11(20(24,25)26)2-10-16(17)27-19(31)28-18(10)30/h2-4,8,29H,5-7H2,1H3,(H2,27,28,30,31)/t8-/m1/s1. The fourth-order valence-electron chi connectivity index (χ4n) is 3.12. The number of aromatic amines is 2. The number of methoxy groups -OCH3 is 1. The summed E-state index contributed by atoms with van der Waals surface area (Å²) in [6.45, 7) is -0.781. The smallest absolute Gasteiger partial charge is 0.394 e. The summed E-state index contributed by atoms with van der Waals surface area (Å²) in [6.07, 6.45) is -6.02. The van der Waals surface area contributed by atoms with Gasteiger partial charge in [0.2, 0.25) is 0 Å². The van der Waals surface area contributed by atoms with Crippen LogP contribution in [-0.2, 0) is 15.7 Å². The van der Waals surface area contributed by atoms with Crippen LogP contribution in [0.25, 0.3) is 22.0 Å². The number of aliphatic hydroxyl groups is 1. The monoisotopic (exact) mass is 526 g/mol. The largest absolute Gasteiger partial charge is 0.417 e. The van der Waals surface area contributed by atoms with Crippen LogP contribution >= 0.6 is 23.4 Å². The van der Waals surface area contributed by atoms with E-state index < -0.39 is 68.9 Å². The molecule has 1 heterocycles. The number of H-pyrrole nitrogens is 2. The van der Waals surface area contributed by atoms with Crippen LogP contribution < -0.4 is 11.2 Å². The third-order valence-electron chi connectivity index (χ3n) is 4.62. The molecule has 2 aromatic carbocycles. The second-order valence-corrected chi connectivity index (χ2v) is 8.33. The van der Waals surface area contributed by atoms with E-state index in [0.717, 1.165) is 0 Å². The molecule has 0 aliphatic carbocycles. The predicted molar refractivity (Wildman–Crippen MR) is 115 cm³/mol. The number of thioether (sulfide) groups is 1. The lowest BCUT2D eigenvalue weighted by atomic mass is 9.96. The molecule has 0 fully saturated rings. The molecular weight excluding hydrogens is 511 g/mol. The molecule has 0 bridgehead atoms. The molecule has 184 valence electrons. The van der Waals surface area contributed by atoms with Gasteiger partial charge in [0, 0.05) is 35.0 Å². The number of hydrogen-bond acceptors (Lipinski definition) is 6. The van der Waals surface area contributed by atoms with Gasteiger partial charge in [-0.1, -0.05) is 11.6 Å². The summed E-state index contributed by atoms with van der Waals surface area (Å²) in [5.41, 5.74) is -5.33. The molecule has 7 nitrogen and oxygen atoms in total. The number of aromatic nitrogens is 2. The van der Waals surface area contributed by atoms with Gasteiger partial charge in [0.05, 0.1) is 34.2 Å². The van der Waals surface area contributed by atoms with Gasteiger partial charge in [0.1, 0.15) is 18.4 Å². The van der Waals surface area contributed by atoms with E-state index in [1.165, 1.54) is 7.11 Å². The highest BCUT2D eigenvalue weighted by molar-refractivity contribution is 7.99. The Morgan fingerprint density at radius 1 is 1.15 bits per heavy atom. The van der Waals surface area contributed by atoms with Crippen molar-refractivity contribution in [3.05, 3.63) is 61.3 Å². The first-order valence-corrected chi connectivity index (χ1v) is 10.7. The summed E-state index contributed by atoms with van der Waals surface area (Å²) in [7, 11) is 1.32. The van der Waals surface area contributed by atoms with E-state index in [9.17, 15) is 36.6 Å². The highest BCUT2D eigenvalue weighted by atomic mass is 35.5. The van der Waals surface area contributed by atoms with Crippen molar-refractivity contribution < 1.29 is 36.5 Å². The summed E-state index contributed by atoms with van der Waals surface area (Å²) in [5, 5.41) is 8.34. The summed E-state index contributed by atoms with van der Waals surface area (Å²) in [6, 6.07) is 1.48. The average Bonchev–Trinajstić information content (AvgIpc) is 2.75. The summed E-state index contributed by atoms with van der Waals surface area (Å²) < 4.78 is 80.7. The fourth-order valence-corrected chi connectivity index (χ4v) is 4.51. The molecule has 0 unspecified atom stereocenters. The number of rotatable bonds is 8. The second-order valence-electron chi connectivity index (χ2n) is 6.89. The molecule has 0 saturated heterocycles. The Hall–Kier alpha value is -2.45. The highest BCUT2D eigenvalue weighted by Crippen LogP contribution is 2.46. The molecule has 14 heteroatoms. The number of halogens is 6.